The summed E-state index contributed by atoms with van der Waals surface area (Å²) >= 11 is 0. The van der Waals surface area contributed by atoms with E-state index in [1.165, 1.54) is 19.1 Å². The van der Waals surface area contributed by atoms with E-state index in [-0.39, 0.29) is 23.5 Å². The molecule has 0 saturated heterocycles. The molecule has 2 fully saturated rings. The third-order valence-corrected chi connectivity index (χ3v) is 8.33. The van der Waals surface area contributed by atoms with Crippen LogP contribution >= 0.6 is 0 Å². The molecular formula is C29H32F7NO3. The number of alkyl halides is 6. The van der Waals surface area contributed by atoms with Crippen LogP contribution in [0.25, 0.3) is 0 Å². The van der Waals surface area contributed by atoms with E-state index in [0.29, 0.717) is 50.9 Å². The Balaban J connectivity index is 1.55. The van der Waals surface area contributed by atoms with Crippen molar-refractivity contribution in [3.8, 4) is 0 Å². The van der Waals surface area contributed by atoms with Crippen molar-refractivity contribution in [2.75, 3.05) is 13.1 Å². The van der Waals surface area contributed by atoms with Crippen molar-refractivity contribution in [1.82, 2.24) is 5.32 Å². The molecule has 11 heteroatoms. The van der Waals surface area contributed by atoms with Crippen LogP contribution in [-0.2, 0) is 21.9 Å². The van der Waals surface area contributed by atoms with Gasteiger partial charge in [0.15, 0.2) is 0 Å². The molecule has 0 amide bonds. The molecular weight excluding hydrogens is 543 g/mol. The summed E-state index contributed by atoms with van der Waals surface area (Å²) in [6.07, 6.45) is -7.62. The van der Waals surface area contributed by atoms with Crippen LogP contribution in [0.4, 0.5) is 30.7 Å². The largest absolute Gasteiger partial charge is 0.481 e. The van der Waals surface area contributed by atoms with Crippen molar-refractivity contribution in [3.05, 3.63) is 70.5 Å². The minimum Gasteiger partial charge on any atom is -0.481 e. The molecule has 0 heterocycles. The molecule has 2 aromatic rings. The van der Waals surface area contributed by atoms with Crippen LogP contribution in [0.2, 0.25) is 0 Å². The maximum atomic E-state index is 13.7. The molecule has 40 heavy (non-hydrogen) atoms. The molecule has 3 unspecified atom stereocenters. The molecule has 2 saturated carbocycles. The van der Waals surface area contributed by atoms with E-state index >= 15 is 0 Å². The smallest absolute Gasteiger partial charge is 0.416 e. The first-order chi connectivity index (χ1) is 18.7. The highest BCUT2D eigenvalue weighted by atomic mass is 19.4. The average molecular weight is 576 g/mol. The molecule has 2 aromatic carbocycles. The van der Waals surface area contributed by atoms with E-state index in [0.717, 1.165) is 18.4 Å². The highest BCUT2D eigenvalue weighted by molar-refractivity contribution is 5.75. The minimum absolute atomic E-state index is 0.0674. The van der Waals surface area contributed by atoms with Crippen LogP contribution in [0, 0.1) is 17.2 Å². The highest BCUT2D eigenvalue weighted by Crippen LogP contribution is 2.45. The van der Waals surface area contributed by atoms with Crippen molar-refractivity contribution < 1.29 is 45.4 Å². The molecule has 2 aliphatic rings. The standard InChI is InChI=1S/C29H32F7NO3/c1-17(20-12-21(28(31,32)33)14-22(13-20)29(34,35)36)40-24-9-6-19(25(24)18-4-7-23(30)8-5-18)15-37-16-27(26(38)39)10-2-3-11-27/h4-5,7-8,12-14,17,19,24-25,37H,2-3,6,9-11,15-16H2,1H3,(H,38,39)/t17-,19?,24?,25?/m1/s1. The number of carbonyl (C=O) groups is 1. The zero-order chi connectivity index (χ0) is 29.3. The van der Waals surface area contributed by atoms with Gasteiger partial charge < -0.3 is 15.2 Å². The number of benzene rings is 2. The Labute approximate surface area is 227 Å². The number of carboxylic acid groups (broad SMARTS) is 1. The number of carboxylic acids is 1. The van der Waals surface area contributed by atoms with Crippen LogP contribution in [0.3, 0.4) is 0 Å². The third-order valence-electron chi connectivity index (χ3n) is 8.33. The van der Waals surface area contributed by atoms with Crippen LogP contribution in [0.1, 0.15) is 79.7 Å². The maximum Gasteiger partial charge on any atom is 0.416 e. The Hall–Kier alpha value is -2.66. The van der Waals surface area contributed by atoms with Gasteiger partial charge in [-0.25, -0.2) is 4.39 Å². The fourth-order valence-corrected chi connectivity index (χ4v) is 6.16. The van der Waals surface area contributed by atoms with Crippen molar-refractivity contribution in [2.24, 2.45) is 11.3 Å². The van der Waals surface area contributed by atoms with E-state index in [1.54, 1.807) is 12.1 Å². The number of aliphatic carboxylic acids is 1. The Morgan fingerprint density at radius 1 is 1.00 bits per heavy atom. The van der Waals surface area contributed by atoms with Gasteiger partial charge in [-0.05, 0) is 86.5 Å². The van der Waals surface area contributed by atoms with Gasteiger partial charge in [-0.3, -0.25) is 4.79 Å². The second kappa shape index (κ2) is 11.7. The number of nitrogens with one attached hydrogen (secondary N) is 1. The van der Waals surface area contributed by atoms with Gasteiger partial charge in [-0.2, -0.15) is 26.3 Å². The molecule has 0 aliphatic heterocycles. The summed E-state index contributed by atoms with van der Waals surface area (Å²) in [5, 5.41) is 13.1. The number of hydrogen-bond acceptors (Lipinski definition) is 3. The van der Waals surface area contributed by atoms with Gasteiger partial charge in [-0.1, -0.05) is 25.0 Å². The quantitative estimate of drug-likeness (QED) is 0.301. The first-order valence-electron chi connectivity index (χ1n) is 13.3. The van der Waals surface area contributed by atoms with Crippen molar-refractivity contribution in [3.63, 3.8) is 0 Å². The van der Waals surface area contributed by atoms with Crippen molar-refractivity contribution in [2.45, 2.75) is 75.9 Å². The molecule has 220 valence electrons. The summed E-state index contributed by atoms with van der Waals surface area (Å²) in [6.45, 7) is 2.15. The number of hydrogen-bond donors (Lipinski definition) is 2. The van der Waals surface area contributed by atoms with Crippen LogP contribution in [0.15, 0.2) is 42.5 Å². The third kappa shape index (κ3) is 6.79. The van der Waals surface area contributed by atoms with E-state index in [9.17, 15) is 40.6 Å². The van der Waals surface area contributed by atoms with Gasteiger partial charge in [-0.15, -0.1) is 0 Å². The highest BCUT2D eigenvalue weighted by Gasteiger charge is 2.43. The SMILES string of the molecule is C[C@@H](OC1CCC(CNCC2(C(=O)O)CCCC2)C1c1ccc(F)cc1)c1cc(C(F)(F)F)cc(C(F)(F)F)c1. The molecule has 0 spiro atoms. The summed E-state index contributed by atoms with van der Waals surface area (Å²) < 4.78 is 100. The summed E-state index contributed by atoms with van der Waals surface area (Å²) in [4.78, 5) is 11.9. The second-order valence-corrected chi connectivity index (χ2v) is 11.0. The lowest BCUT2D eigenvalue weighted by Gasteiger charge is -2.30. The maximum absolute atomic E-state index is 13.7. The number of rotatable bonds is 9. The van der Waals surface area contributed by atoms with Gasteiger partial charge in [0.05, 0.1) is 28.7 Å². The van der Waals surface area contributed by atoms with Gasteiger partial charge in [0.2, 0.25) is 0 Å². The summed E-state index contributed by atoms with van der Waals surface area (Å²) in [6, 6.07) is 7.21. The van der Waals surface area contributed by atoms with Crippen molar-refractivity contribution in [1.29, 1.82) is 0 Å². The molecule has 4 atom stereocenters. The van der Waals surface area contributed by atoms with Crippen LogP contribution in [-0.4, -0.2) is 30.3 Å². The average Bonchev–Trinajstić information content (AvgIpc) is 3.51. The fraction of sp³-hybridized carbons (Fsp3) is 0.552. The minimum atomic E-state index is -4.97. The summed E-state index contributed by atoms with van der Waals surface area (Å²) in [5.41, 5.74) is -3.15. The van der Waals surface area contributed by atoms with E-state index in [1.807, 2.05) is 0 Å². The van der Waals surface area contributed by atoms with E-state index in [4.69, 9.17) is 4.74 Å². The van der Waals surface area contributed by atoms with E-state index < -0.39 is 52.9 Å². The molecule has 0 radical (unpaired) electrons. The Kier molecular flexibility index (Phi) is 8.85. The Morgan fingerprint density at radius 2 is 1.57 bits per heavy atom. The molecule has 0 bridgehead atoms. The topological polar surface area (TPSA) is 58.6 Å². The second-order valence-electron chi connectivity index (χ2n) is 11.0. The lowest BCUT2D eigenvalue weighted by atomic mass is 9.85. The van der Waals surface area contributed by atoms with Gasteiger partial charge >= 0.3 is 18.3 Å². The summed E-state index contributed by atoms with van der Waals surface area (Å²) in [5.74, 6) is -1.68. The van der Waals surface area contributed by atoms with Crippen LogP contribution < -0.4 is 5.32 Å². The normalized spacial score (nSPS) is 23.9. The lowest BCUT2D eigenvalue weighted by Crippen LogP contribution is -2.41. The zero-order valence-electron chi connectivity index (χ0n) is 21.9. The lowest BCUT2D eigenvalue weighted by molar-refractivity contribution is -0.148. The molecule has 4 rings (SSSR count). The van der Waals surface area contributed by atoms with Crippen LogP contribution in [0.5, 0.6) is 0 Å². The van der Waals surface area contributed by atoms with Gasteiger partial charge in [0, 0.05) is 12.5 Å². The molecule has 2 N–H and O–H groups in total. The summed E-state index contributed by atoms with van der Waals surface area (Å²) in [7, 11) is 0. The first kappa shape index (κ1) is 30.3. The predicted molar refractivity (Wildman–Crippen MR) is 133 cm³/mol. The number of ether oxygens (including phenoxy) is 1. The van der Waals surface area contributed by atoms with Gasteiger partial charge in [0.25, 0.3) is 0 Å². The Morgan fingerprint density at radius 3 is 2.10 bits per heavy atom. The monoisotopic (exact) mass is 575 g/mol. The Bertz CT molecular complexity index is 1140. The zero-order valence-corrected chi connectivity index (χ0v) is 21.9. The molecule has 0 aromatic heterocycles. The predicted octanol–water partition coefficient (Wildman–Crippen LogP) is 7.74. The molecule has 2 aliphatic carbocycles. The first-order valence-corrected chi connectivity index (χ1v) is 13.3. The van der Waals surface area contributed by atoms with Crippen molar-refractivity contribution >= 4 is 5.97 Å². The van der Waals surface area contributed by atoms with Gasteiger partial charge in [0.1, 0.15) is 5.82 Å². The molecule has 4 nitrogen and oxygen atoms in total. The number of halogens is 7. The fourth-order valence-electron chi connectivity index (χ4n) is 6.16. The van der Waals surface area contributed by atoms with E-state index in [2.05, 4.69) is 5.32 Å².